The Balaban J connectivity index is 2.43. The van der Waals surface area contributed by atoms with Gasteiger partial charge in [-0.2, -0.15) is 0 Å². The van der Waals surface area contributed by atoms with Crippen LogP contribution in [-0.2, 0) is 14.4 Å². The van der Waals surface area contributed by atoms with Crippen molar-refractivity contribution in [3.05, 3.63) is 35.9 Å². The van der Waals surface area contributed by atoms with Gasteiger partial charge in [0.15, 0.2) is 0 Å². The fourth-order valence-electron chi connectivity index (χ4n) is 1.18. The van der Waals surface area contributed by atoms with E-state index >= 15 is 0 Å². The van der Waals surface area contributed by atoms with Gasteiger partial charge >= 0.3 is 11.9 Å². The van der Waals surface area contributed by atoms with Crippen LogP contribution >= 0.6 is 0 Å². The molecule has 0 saturated heterocycles. The highest BCUT2D eigenvalue weighted by molar-refractivity contribution is 5.89. The molecule has 0 aliphatic rings. The Bertz CT molecular complexity index is 396. The van der Waals surface area contributed by atoms with Crippen LogP contribution in [0, 0.1) is 0 Å². The summed E-state index contributed by atoms with van der Waals surface area (Å²) in [5.74, 6) is -1.22. The molecule has 0 bridgehead atoms. The van der Waals surface area contributed by atoms with Gasteiger partial charge in [-0.3, -0.25) is 4.79 Å². The van der Waals surface area contributed by atoms with E-state index in [-0.39, 0.29) is 6.42 Å². The molecule has 1 N–H and O–H groups in total. The number of hydrogen-bond donors (Lipinski definition) is 1. The Morgan fingerprint density at radius 2 is 2.00 bits per heavy atom. The summed E-state index contributed by atoms with van der Waals surface area (Å²) in [5.41, 5.74) is 2.54. The Kier molecular flexibility index (Phi) is 5.79. The zero-order valence-electron chi connectivity index (χ0n) is 9.89. The molecular weight excluding hydrogens is 241 g/mol. The lowest BCUT2D eigenvalue weighted by Gasteiger charge is -2.13. The highest BCUT2D eigenvalue weighted by atomic mass is 19.1. The maximum absolute atomic E-state index is 12.5. The Morgan fingerprint density at radius 1 is 1.33 bits per heavy atom. The summed E-state index contributed by atoms with van der Waals surface area (Å²) in [6.45, 7) is -0.850. The van der Waals surface area contributed by atoms with E-state index in [1.807, 2.05) is 0 Å². The topological polar surface area (TPSA) is 64.6 Å². The van der Waals surface area contributed by atoms with Crippen LogP contribution in [0.1, 0.15) is 16.8 Å². The Labute approximate surface area is 104 Å². The maximum atomic E-state index is 12.5. The monoisotopic (exact) mass is 255 g/mol. The van der Waals surface area contributed by atoms with Crippen molar-refractivity contribution in [2.24, 2.45) is 0 Å². The number of halogens is 1. The van der Waals surface area contributed by atoms with Gasteiger partial charge in [-0.25, -0.2) is 9.18 Å². The summed E-state index contributed by atoms with van der Waals surface area (Å²) < 4.78 is 16.9. The summed E-state index contributed by atoms with van der Waals surface area (Å²) in [4.78, 5) is 27.1. The number of carbonyl (C=O) groups excluding carboxylic acids is 2. The van der Waals surface area contributed by atoms with Crippen LogP contribution in [0.25, 0.3) is 0 Å². The van der Waals surface area contributed by atoms with Gasteiger partial charge in [-0.1, -0.05) is 18.2 Å². The molecule has 1 aromatic carbocycles. The van der Waals surface area contributed by atoms with Crippen LogP contribution < -0.4 is 5.48 Å². The van der Waals surface area contributed by atoms with Gasteiger partial charge < -0.3 is 9.57 Å². The molecule has 6 heteroatoms. The summed E-state index contributed by atoms with van der Waals surface area (Å²) in [6.07, 6.45) is -0.213. The molecule has 0 saturated carbocycles. The molecule has 0 amide bonds. The lowest BCUT2D eigenvalue weighted by Crippen LogP contribution is -2.35. The minimum Gasteiger partial charge on any atom is -0.469 e. The van der Waals surface area contributed by atoms with E-state index in [4.69, 9.17) is 0 Å². The molecule has 0 aliphatic heterocycles. The maximum Gasteiger partial charge on any atom is 0.356 e. The third kappa shape index (κ3) is 4.50. The first kappa shape index (κ1) is 14.1. The van der Waals surface area contributed by atoms with Crippen molar-refractivity contribution in [2.45, 2.75) is 12.5 Å². The number of carbonyl (C=O) groups is 2. The minimum absolute atomic E-state index is 0.213. The Hall–Kier alpha value is -1.95. The molecule has 0 fully saturated rings. The van der Waals surface area contributed by atoms with Crippen molar-refractivity contribution in [1.82, 2.24) is 5.48 Å². The number of hydroxylamine groups is 1. The molecule has 5 nitrogen and oxygen atoms in total. The zero-order valence-corrected chi connectivity index (χ0v) is 9.89. The average molecular weight is 255 g/mol. The lowest BCUT2D eigenvalue weighted by molar-refractivity contribution is -0.142. The van der Waals surface area contributed by atoms with E-state index < -0.39 is 24.7 Å². The van der Waals surface area contributed by atoms with E-state index in [0.717, 1.165) is 0 Å². The molecular formula is C12H14FNO4. The molecule has 1 rings (SSSR count). The molecule has 0 heterocycles. The van der Waals surface area contributed by atoms with Gasteiger partial charge in [0.05, 0.1) is 25.1 Å². The van der Waals surface area contributed by atoms with E-state index in [1.54, 1.807) is 30.3 Å². The molecule has 18 heavy (non-hydrogen) atoms. The molecule has 0 aromatic heterocycles. The van der Waals surface area contributed by atoms with Gasteiger partial charge in [0.25, 0.3) is 0 Å². The van der Waals surface area contributed by atoms with Crippen molar-refractivity contribution >= 4 is 11.9 Å². The van der Waals surface area contributed by atoms with Gasteiger partial charge in [-0.05, 0) is 12.1 Å². The Morgan fingerprint density at radius 3 is 2.56 bits per heavy atom. The first-order valence-corrected chi connectivity index (χ1v) is 5.32. The van der Waals surface area contributed by atoms with Crippen LogP contribution in [0.15, 0.2) is 30.3 Å². The summed E-state index contributed by atoms with van der Waals surface area (Å²) >= 11 is 0. The molecule has 0 aliphatic carbocycles. The standard InChI is InChI=1S/C12H14FNO4/c1-17-11(15)7-10(8-13)14-18-12(16)9-5-3-2-4-6-9/h2-6,10,14H,7-8H2,1H3. The van der Waals surface area contributed by atoms with Gasteiger partial charge in [0.1, 0.15) is 6.67 Å². The van der Waals surface area contributed by atoms with Crippen LogP contribution in [0.3, 0.4) is 0 Å². The number of rotatable bonds is 6. The first-order valence-electron chi connectivity index (χ1n) is 5.32. The first-order chi connectivity index (χ1) is 8.67. The van der Waals surface area contributed by atoms with Crippen LogP contribution in [-0.4, -0.2) is 31.8 Å². The number of alkyl halides is 1. The van der Waals surface area contributed by atoms with Crippen LogP contribution in [0.5, 0.6) is 0 Å². The zero-order chi connectivity index (χ0) is 13.4. The second kappa shape index (κ2) is 7.39. The molecule has 1 atom stereocenters. The smallest absolute Gasteiger partial charge is 0.356 e. The van der Waals surface area contributed by atoms with Crippen molar-refractivity contribution in [2.75, 3.05) is 13.8 Å². The van der Waals surface area contributed by atoms with E-state index in [9.17, 15) is 14.0 Å². The van der Waals surface area contributed by atoms with Crippen molar-refractivity contribution in [1.29, 1.82) is 0 Å². The molecule has 1 aromatic rings. The van der Waals surface area contributed by atoms with E-state index in [2.05, 4.69) is 15.1 Å². The quantitative estimate of drug-likeness (QED) is 0.612. The average Bonchev–Trinajstić information content (AvgIpc) is 2.43. The van der Waals surface area contributed by atoms with Crippen molar-refractivity contribution in [3.8, 4) is 0 Å². The van der Waals surface area contributed by atoms with Crippen LogP contribution in [0.4, 0.5) is 4.39 Å². The second-order valence-electron chi connectivity index (χ2n) is 3.50. The highest BCUT2D eigenvalue weighted by Gasteiger charge is 2.16. The number of benzene rings is 1. The molecule has 0 radical (unpaired) electrons. The fraction of sp³-hybridized carbons (Fsp3) is 0.333. The summed E-state index contributed by atoms with van der Waals surface area (Å²) in [7, 11) is 1.20. The normalized spacial score (nSPS) is 11.7. The minimum atomic E-state index is -0.912. The highest BCUT2D eigenvalue weighted by Crippen LogP contribution is 2.01. The van der Waals surface area contributed by atoms with Crippen LogP contribution in [0.2, 0.25) is 0 Å². The summed E-state index contributed by atoms with van der Waals surface area (Å²) in [6, 6.07) is 7.33. The number of methoxy groups -OCH3 is 1. The fourth-order valence-corrected chi connectivity index (χ4v) is 1.18. The van der Waals surface area contributed by atoms with Crippen molar-refractivity contribution < 1.29 is 23.6 Å². The number of nitrogens with one attached hydrogen (secondary N) is 1. The van der Waals surface area contributed by atoms with Gasteiger partial charge in [-0.15, -0.1) is 5.48 Å². The second-order valence-corrected chi connectivity index (χ2v) is 3.50. The largest absolute Gasteiger partial charge is 0.469 e. The molecule has 0 spiro atoms. The molecule has 1 unspecified atom stereocenters. The number of hydrogen-bond acceptors (Lipinski definition) is 5. The number of ether oxygens (including phenoxy) is 1. The lowest BCUT2D eigenvalue weighted by atomic mass is 10.2. The predicted octanol–water partition coefficient (Wildman–Crippen LogP) is 1.25. The summed E-state index contributed by atoms with van der Waals surface area (Å²) in [5, 5.41) is 0. The SMILES string of the molecule is COC(=O)CC(CF)NOC(=O)c1ccccc1. The number of esters is 1. The van der Waals surface area contributed by atoms with Gasteiger partial charge in [0.2, 0.25) is 0 Å². The molecule has 98 valence electrons. The van der Waals surface area contributed by atoms with Gasteiger partial charge in [0, 0.05) is 0 Å². The van der Waals surface area contributed by atoms with Crippen molar-refractivity contribution in [3.63, 3.8) is 0 Å². The third-order valence-corrected chi connectivity index (χ3v) is 2.15. The third-order valence-electron chi connectivity index (χ3n) is 2.15. The van der Waals surface area contributed by atoms with E-state index in [0.29, 0.717) is 5.56 Å². The van der Waals surface area contributed by atoms with E-state index in [1.165, 1.54) is 7.11 Å². The predicted molar refractivity (Wildman–Crippen MR) is 61.4 cm³/mol.